The van der Waals surface area contributed by atoms with E-state index in [1.807, 2.05) is 17.0 Å². The van der Waals surface area contributed by atoms with Gasteiger partial charge in [0, 0.05) is 13.1 Å². The first-order valence-corrected chi connectivity index (χ1v) is 10.6. The monoisotopic (exact) mass is 394 g/mol. The SMILES string of the molecule is O=C(OCCC12CCN(CC1)C2)N1CCc2ccccc2[C@@H]1c1ccc(F)cc1. The molecule has 0 radical (unpaired) electrons. The number of hydrogen-bond acceptors (Lipinski definition) is 3. The number of amides is 1. The zero-order chi connectivity index (χ0) is 19.8. The molecule has 5 heteroatoms. The van der Waals surface area contributed by atoms with Gasteiger partial charge < -0.3 is 9.64 Å². The van der Waals surface area contributed by atoms with Crippen molar-refractivity contribution in [3.63, 3.8) is 0 Å². The average Bonchev–Trinajstić information content (AvgIpc) is 3.35. The van der Waals surface area contributed by atoms with Crippen LogP contribution in [0.1, 0.15) is 42.0 Å². The first-order chi connectivity index (χ1) is 14.1. The van der Waals surface area contributed by atoms with Gasteiger partial charge >= 0.3 is 6.09 Å². The molecule has 2 bridgehead atoms. The third-order valence-electron chi connectivity index (χ3n) is 7.04. The topological polar surface area (TPSA) is 32.8 Å². The van der Waals surface area contributed by atoms with Crippen molar-refractivity contribution < 1.29 is 13.9 Å². The van der Waals surface area contributed by atoms with Gasteiger partial charge in [0.1, 0.15) is 5.82 Å². The second-order valence-corrected chi connectivity index (χ2v) is 8.74. The maximum Gasteiger partial charge on any atom is 0.410 e. The fourth-order valence-electron chi connectivity index (χ4n) is 5.35. The Morgan fingerprint density at radius 2 is 1.83 bits per heavy atom. The van der Waals surface area contributed by atoms with E-state index < -0.39 is 0 Å². The summed E-state index contributed by atoms with van der Waals surface area (Å²) in [5, 5.41) is 0. The minimum absolute atomic E-state index is 0.236. The van der Waals surface area contributed by atoms with Gasteiger partial charge in [-0.2, -0.15) is 0 Å². The molecule has 1 atom stereocenters. The van der Waals surface area contributed by atoms with E-state index in [9.17, 15) is 9.18 Å². The number of hydrogen-bond donors (Lipinski definition) is 0. The Morgan fingerprint density at radius 1 is 1.07 bits per heavy atom. The summed E-state index contributed by atoms with van der Waals surface area (Å²) in [6.07, 6.45) is 3.93. The van der Waals surface area contributed by atoms with E-state index in [1.165, 1.54) is 43.6 Å². The molecule has 1 amide bonds. The Bertz CT molecular complexity index is 890. The van der Waals surface area contributed by atoms with Gasteiger partial charge in [-0.25, -0.2) is 9.18 Å². The molecule has 0 saturated carbocycles. The third-order valence-corrected chi connectivity index (χ3v) is 7.04. The highest BCUT2D eigenvalue weighted by atomic mass is 19.1. The van der Waals surface area contributed by atoms with Gasteiger partial charge in [-0.1, -0.05) is 36.4 Å². The minimum Gasteiger partial charge on any atom is -0.449 e. The maximum atomic E-state index is 13.5. The fraction of sp³-hybridized carbons (Fsp3) is 0.458. The largest absolute Gasteiger partial charge is 0.449 e. The molecule has 2 saturated heterocycles. The van der Waals surface area contributed by atoms with Crippen molar-refractivity contribution in [1.29, 1.82) is 0 Å². The summed E-state index contributed by atoms with van der Waals surface area (Å²) in [7, 11) is 0. The summed E-state index contributed by atoms with van der Waals surface area (Å²) < 4.78 is 19.3. The van der Waals surface area contributed by atoms with Crippen molar-refractivity contribution in [2.24, 2.45) is 5.41 Å². The Kier molecular flexibility index (Phi) is 4.78. The summed E-state index contributed by atoms with van der Waals surface area (Å²) >= 11 is 0. The lowest BCUT2D eigenvalue weighted by atomic mass is 9.82. The molecule has 4 nitrogen and oxygen atoms in total. The van der Waals surface area contributed by atoms with Crippen LogP contribution < -0.4 is 0 Å². The first-order valence-electron chi connectivity index (χ1n) is 10.6. The second kappa shape index (κ2) is 7.45. The van der Waals surface area contributed by atoms with Crippen LogP contribution in [0, 0.1) is 11.2 Å². The van der Waals surface area contributed by atoms with Gasteiger partial charge in [-0.3, -0.25) is 4.90 Å². The van der Waals surface area contributed by atoms with E-state index in [-0.39, 0.29) is 18.0 Å². The van der Waals surface area contributed by atoms with Crippen molar-refractivity contribution in [1.82, 2.24) is 9.80 Å². The smallest absolute Gasteiger partial charge is 0.410 e. The number of carbonyl (C=O) groups excluding carboxylic acids is 1. The van der Waals surface area contributed by atoms with Crippen LogP contribution in [0.4, 0.5) is 9.18 Å². The molecular weight excluding hydrogens is 367 g/mol. The van der Waals surface area contributed by atoms with E-state index in [4.69, 9.17) is 4.74 Å². The normalized spacial score (nSPS) is 27.7. The second-order valence-electron chi connectivity index (χ2n) is 8.74. The Balaban J connectivity index is 1.33. The molecule has 3 aliphatic heterocycles. The highest BCUT2D eigenvalue weighted by Crippen LogP contribution is 2.43. The van der Waals surface area contributed by atoms with Crippen LogP contribution in [-0.4, -0.2) is 48.7 Å². The van der Waals surface area contributed by atoms with Crippen LogP contribution in [0.25, 0.3) is 0 Å². The molecule has 152 valence electrons. The van der Waals surface area contributed by atoms with Gasteiger partial charge in [0.15, 0.2) is 0 Å². The lowest BCUT2D eigenvalue weighted by molar-refractivity contribution is 0.0775. The lowest BCUT2D eigenvalue weighted by Crippen LogP contribution is -2.41. The van der Waals surface area contributed by atoms with E-state index in [0.29, 0.717) is 18.6 Å². The van der Waals surface area contributed by atoms with Gasteiger partial charge in [0.25, 0.3) is 0 Å². The van der Waals surface area contributed by atoms with Gasteiger partial charge in [0.2, 0.25) is 0 Å². The van der Waals surface area contributed by atoms with Crippen molar-refractivity contribution in [2.45, 2.75) is 31.7 Å². The van der Waals surface area contributed by atoms with Crippen molar-refractivity contribution in [2.75, 3.05) is 32.8 Å². The Labute approximate surface area is 171 Å². The summed E-state index contributed by atoms with van der Waals surface area (Å²) in [4.78, 5) is 17.4. The van der Waals surface area contributed by atoms with E-state index >= 15 is 0 Å². The number of ether oxygens (including phenoxy) is 1. The summed E-state index contributed by atoms with van der Waals surface area (Å²) in [6, 6.07) is 14.4. The highest BCUT2D eigenvalue weighted by molar-refractivity contribution is 5.70. The van der Waals surface area contributed by atoms with Crippen LogP contribution in [0.3, 0.4) is 0 Å². The van der Waals surface area contributed by atoms with Crippen LogP contribution in [0.15, 0.2) is 48.5 Å². The molecule has 0 spiro atoms. The van der Waals surface area contributed by atoms with E-state index in [2.05, 4.69) is 17.0 Å². The number of benzene rings is 2. The molecule has 2 aromatic rings. The molecule has 3 heterocycles. The molecule has 29 heavy (non-hydrogen) atoms. The van der Waals surface area contributed by atoms with E-state index in [1.54, 1.807) is 12.1 Å². The Hall–Kier alpha value is -2.40. The quantitative estimate of drug-likeness (QED) is 0.771. The zero-order valence-corrected chi connectivity index (χ0v) is 16.6. The molecule has 0 unspecified atom stereocenters. The zero-order valence-electron chi connectivity index (χ0n) is 16.6. The summed E-state index contributed by atoms with van der Waals surface area (Å²) in [6.45, 7) is 4.60. The number of fused-ring (bicyclic) bond motifs is 3. The van der Waals surface area contributed by atoms with Crippen molar-refractivity contribution in [3.05, 3.63) is 71.0 Å². The molecule has 0 aliphatic carbocycles. The number of piperidine rings is 1. The summed E-state index contributed by atoms with van der Waals surface area (Å²) in [5.74, 6) is -0.270. The van der Waals surface area contributed by atoms with Crippen molar-refractivity contribution in [3.8, 4) is 0 Å². The predicted octanol–water partition coefficient (Wildman–Crippen LogP) is 4.40. The van der Waals surface area contributed by atoms with Crippen LogP contribution >= 0.6 is 0 Å². The van der Waals surface area contributed by atoms with Crippen LogP contribution in [-0.2, 0) is 11.2 Å². The molecule has 0 N–H and O–H groups in total. The number of rotatable bonds is 4. The average molecular weight is 394 g/mol. The molecule has 3 aliphatic rings. The maximum absolute atomic E-state index is 13.5. The standard InChI is InChI=1S/C24H27FN2O2/c25-20-7-5-19(6-8-20)22-21-4-2-1-3-18(21)9-13-27(22)23(28)29-16-12-24-10-14-26(17-24)15-11-24/h1-8,22H,9-17H2/t22-/m0/s1. The number of halogens is 1. The number of carbonyl (C=O) groups is 1. The number of nitrogens with zero attached hydrogens (tertiary/aromatic N) is 2. The van der Waals surface area contributed by atoms with Crippen LogP contribution in [0.2, 0.25) is 0 Å². The molecule has 2 fully saturated rings. The van der Waals surface area contributed by atoms with Gasteiger partial charge in [-0.05, 0) is 73.0 Å². The van der Waals surface area contributed by atoms with E-state index in [0.717, 1.165) is 30.5 Å². The first kappa shape index (κ1) is 18.6. The minimum atomic E-state index is -0.270. The van der Waals surface area contributed by atoms with Gasteiger partial charge in [-0.15, -0.1) is 0 Å². The molecule has 5 rings (SSSR count). The Morgan fingerprint density at radius 3 is 2.55 bits per heavy atom. The molecular formula is C24H27FN2O2. The third kappa shape index (κ3) is 3.52. The molecule has 0 aromatic heterocycles. The van der Waals surface area contributed by atoms with Gasteiger partial charge in [0.05, 0.1) is 12.6 Å². The molecule has 2 aromatic carbocycles. The fourth-order valence-corrected chi connectivity index (χ4v) is 5.35. The van der Waals surface area contributed by atoms with Crippen LogP contribution in [0.5, 0.6) is 0 Å². The van der Waals surface area contributed by atoms with Crippen molar-refractivity contribution >= 4 is 6.09 Å². The highest BCUT2D eigenvalue weighted by Gasteiger charge is 2.43. The predicted molar refractivity (Wildman–Crippen MR) is 109 cm³/mol. The lowest BCUT2D eigenvalue weighted by Gasteiger charge is -2.37. The summed E-state index contributed by atoms with van der Waals surface area (Å²) in [5.41, 5.74) is 3.60.